The summed E-state index contributed by atoms with van der Waals surface area (Å²) in [7, 11) is 1.85. The summed E-state index contributed by atoms with van der Waals surface area (Å²) >= 11 is 0. The lowest BCUT2D eigenvalue weighted by atomic mass is 10.1. The first kappa shape index (κ1) is 12.6. The molecule has 0 spiro atoms. The Hall–Kier alpha value is -2.43. The number of rotatable bonds is 3. The Labute approximate surface area is 117 Å². The van der Waals surface area contributed by atoms with Crippen LogP contribution in [0.25, 0.3) is 10.9 Å². The summed E-state index contributed by atoms with van der Waals surface area (Å²) in [6.07, 6.45) is 1.53. The van der Waals surface area contributed by atoms with Gasteiger partial charge in [0, 0.05) is 24.2 Å². The molecular weight excluding hydrogens is 252 g/mol. The van der Waals surface area contributed by atoms with Crippen LogP contribution in [0, 0.1) is 13.8 Å². The summed E-state index contributed by atoms with van der Waals surface area (Å²) in [5.74, 6) is 1.62. The van der Waals surface area contributed by atoms with Crippen molar-refractivity contribution in [1.82, 2.24) is 19.7 Å². The zero-order valence-corrected chi connectivity index (χ0v) is 11.8. The zero-order valence-electron chi connectivity index (χ0n) is 11.8. The number of benzene rings is 1. The van der Waals surface area contributed by atoms with Crippen molar-refractivity contribution in [2.45, 2.75) is 20.5 Å². The van der Waals surface area contributed by atoms with Gasteiger partial charge in [-0.25, -0.2) is 4.98 Å². The number of hydrogen-bond acceptors (Lipinski definition) is 4. The van der Waals surface area contributed by atoms with Crippen molar-refractivity contribution in [3.8, 4) is 5.75 Å². The van der Waals surface area contributed by atoms with Crippen LogP contribution in [0.15, 0.2) is 30.6 Å². The molecular formula is C15H16N4O. The van der Waals surface area contributed by atoms with E-state index in [1.54, 1.807) is 4.68 Å². The molecule has 3 rings (SSSR count). The molecule has 0 saturated heterocycles. The highest BCUT2D eigenvalue weighted by Gasteiger charge is 2.07. The Morgan fingerprint density at radius 3 is 2.80 bits per heavy atom. The first-order valence-corrected chi connectivity index (χ1v) is 6.47. The normalized spacial score (nSPS) is 10.9. The van der Waals surface area contributed by atoms with E-state index in [0.29, 0.717) is 6.61 Å². The average molecular weight is 268 g/mol. The maximum atomic E-state index is 5.90. The van der Waals surface area contributed by atoms with Crippen molar-refractivity contribution >= 4 is 10.9 Å². The molecule has 102 valence electrons. The molecule has 0 unspecified atom stereocenters. The number of aromatic nitrogens is 4. The van der Waals surface area contributed by atoms with Gasteiger partial charge in [-0.2, -0.15) is 5.10 Å². The summed E-state index contributed by atoms with van der Waals surface area (Å²) in [4.78, 5) is 8.71. The molecule has 0 aliphatic heterocycles. The summed E-state index contributed by atoms with van der Waals surface area (Å²) < 4.78 is 7.61. The predicted molar refractivity (Wildman–Crippen MR) is 76.6 cm³/mol. The van der Waals surface area contributed by atoms with Gasteiger partial charge in [0.05, 0.1) is 5.52 Å². The second-order valence-corrected chi connectivity index (χ2v) is 4.87. The Morgan fingerprint density at radius 1 is 1.20 bits per heavy atom. The molecule has 0 amide bonds. The van der Waals surface area contributed by atoms with Gasteiger partial charge >= 0.3 is 0 Å². The second-order valence-electron chi connectivity index (χ2n) is 4.87. The number of hydrogen-bond donors (Lipinski definition) is 0. The molecule has 5 heteroatoms. The zero-order chi connectivity index (χ0) is 14.1. The van der Waals surface area contributed by atoms with Crippen LogP contribution in [-0.2, 0) is 13.7 Å². The molecule has 2 heterocycles. The van der Waals surface area contributed by atoms with Gasteiger partial charge in [0.2, 0.25) is 0 Å². The van der Waals surface area contributed by atoms with Crippen LogP contribution >= 0.6 is 0 Å². The third-order valence-electron chi connectivity index (χ3n) is 3.22. The van der Waals surface area contributed by atoms with E-state index in [4.69, 9.17) is 4.74 Å². The molecule has 0 radical (unpaired) electrons. The Kier molecular flexibility index (Phi) is 3.10. The van der Waals surface area contributed by atoms with Crippen molar-refractivity contribution in [3.63, 3.8) is 0 Å². The first-order chi connectivity index (χ1) is 9.63. The Balaban J connectivity index is 1.96. The first-order valence-electron chi connectivity index (χ1n) is 6.47. The van der Waals surface area contributed by atoms with E-state index in [-0.39, 0.29) is 0 Å². The van der Waals surface area contributed by atoms with E-state index < -0.39 is 0 Å². The summed E-state index contributed by atoms with van der Waals surface area (Å²) in [6, 6.07) is 8.13. The highest BCUT2D eigenvalue weighted by molar-refractivity contribution is 5.85. The van der Waals surface area contributed by atoms with E-state index in [0.717, 1.165) is 28.2 Å². The monoisotopic (exact) mass is 268 g/mol. The minimum absolute atomic E-state index is 0.392. The van der Waals surface area contributed by atoms with Gasteiger partial charge in [-0.15, -0.1) is 0 Å². The highest BCUT2D eigenvalue weighted by atomic mass is 16.5. The second kappa shape index (κ2) is 4.92. The lowest BCUT2D eigenvalue weighted by molar-refractivity contribution is 0.293. The van der Waals surface area contributed by atoms with Crippen LogP contribution in [0.5, 0.6) is 5.75 Å². The fourth-order valence-corrected chi connectivity index (χ4v) is 2.14. The highest BCUT2D eigenvalue weighted by Crippen LogP contribution is 2.26. The van der Waals surface area contributed by atoms with Crippen LogP contribution in [0.3, 0.4) is 0 Å². The number of aryl methyl sites for hydroxylation is 3. The smallest absolute Gasteiger partial charge is 0.164 e. The van der Waals surface area contributed by atoms with Gasteiger partial charge in [0.1, 0.15) is 18.7 Å². The molecule has 5 nitrogen and oxygen atoms in total. The van der Waals surface area contributed by atoms with Crippen molar-refractivity contribution in [1.29, 1.82) is 0 Å². The SMILES string of the molecule is Cc1ccc2c(OCc3ncnn3C)cc(C)nc2c1. The van der Waals surface area contributed by atoms with Crippen molar-refractivity contribution in [2.24, 2.45) is 7.05 Å². The van der Waals surface area contributed by atoms with Crippen molar-refractivity contribution in [2.75, 3.05) is 0 Å². The summed E-state index contributed by atoms with van der Waals surface area (Å²) in [5, 5.41) is 5.05. The van der Waals surface area contributed by atoms with Crippen LogP contribution in [0.2, 0.25) is 0 Å². The van der Waals surface area contributed by atoms with Crippen LogP contribution < -0.4 is 4.74 Å². The predicted octanol–water partition coefficient (Wildman–Crippen LogP) is 2.56. The molecule has 0 aliphatic rings. The minimum atomic E-state index is 0.392. The minimum Gasteiger partial charge on any atom is -0.485 e. The van der Waals surface area contributed by atoms with Gasteiger partial charge in [0.15, 0.2) is 5.82 Å². The quantitative estimate of drug-likeness (QED) is 0.732. The molecule has 0 N–H and O–H groups in total. The van der Waals surface area contributed by atoms with Gasteiger partial charge < -0.3 is 4.74 Å². The van der Waals surface area contributed by atoms with E-state index in [1.165, 1.54) is 11.9 Å². The molecule has 0 bridgehead atoms. The molecule has 20 heavy (non-hydrogen) atoms. The standard InChI is InChI=1S/C15H16N4O/c1-10-4-5-12-13(6-10)18-11(2)7-14(12)20-8-15-16-9-17-19(15)3/h4-7,9H,8H2,1-3H3. The van der Waals surface area contributed by atoms with Crippen LogP contribution in [0.1, 0.15) is 17.1 Å². The van der Waals surface area contributed by atoms with Crippen LogP contribution in [0.4, 0.5) is 0 Å². The lowest BCUT2D eigenvalue weighted by Crippen LogP contribution is -2.05. The maximum Gasteiger partial charge on any atom is 0.164 e. The molecule has 0 aliphatic carbocycles. The molecule has 0 atom stereocenters. The van der Waals surface area contributed by atoms with E-state index in [9.17, 15) is 0 Å². The molecule has 3 aromatic rings. The number of ether oxygens (including phenoxy) is 1. The van der Waals surface area contributed by atoms with Crippen molar-refractivity contribution < 1.29 is 4.74 Å². The van der Waals surface area contributed by atoms with Crippen molar-refractivity contribution in [3.05, 3.63) is 47.7 Å². The average Bonchev–Trinajstić information content (AvgIpc) is 2.80. The van der Waals surface area contributed by atoms with Gasteiger partial charge in [-0.1, -0.05) is 6.07 Å². The number of nitrogens with zero attached hydrogens (tertiary/aromatic N) is 4. The van der Waals surface area contributed by atoms with E-state index in [2.05, 4.69) is 34.1 Å². The number of fused-ring (bicyclic) bond motifs is 1. The number of pyridine rings is 1. The molecule has 0 saturated carbocycles. The fraction of sp³-hybridized carbons (Fsp3) is 0.267. The van der Waals surface area contributed by atoms with E-state index in [1.807, 2.05) is 26.1 Å². The summed E-state index contributed by atoms with van der Waals surface area (Å²) in [6.45, 7) is 4.42. The third kappa shape index (κ3) is 2.34. The lowest BCUT2D eigenvalue weighted by Gasteiger charge is -2.10. The third-order valence-corrected chi connectivity index (χ3v) is 3.22. The topological polar surface area (TPSA) is 52.8 Å². The largest absolute Gasteiger partial charge is 0.485 e. The van der Waals surface area contributed by atoms with Gasteiger partial charge in [0.25, 0.3) is 0 Å². The molecule has 1 aromatic carbocycles. The maximum absolute atomic E-state index is 5.90. The molecule has 0 fully saturated rings. The fourth-order valence-electron chi connectivity index (χ4n) is 2.14. The van der Waals surface area contributed by atoms with Gasteiger partial charge in [-0.05, 0) is 31.5 Å². The summed E-state index contributed by atoms with van der Waals surface area (Å²) in [5.41, 5.74) is 3.09. The van der Waals surface area contributed by atoms with Crippen LogP contribution in [-0.4, -0.2) is 19.7 Å². The Morgan fingerprint density at radius 2 is 2.05 bits per heavy atom. The van der Waals surface area contributed by atoms with E-state index >= 15 is 0 Å². The van der Waals surface area contributed by atoms with Gasteiger partial charge in [-0.3, -0.25) is 9.67 Å². The molecule has 2 aromatic heterocycles. The Bertz CT molecular complexity index is 758.